The lowest BCUT2D eigenvalue weighted by atomic mass is 10.1. The van der Waals surface area contributed by atoms with Gasteiger partial charge in [-0.25, -0.2) is 0 Å². The summed E-state index contributed by atoms with van der Waals surface area (Å²) in [5.41, 5.74) is 2.59. The molecular weight excluding hydrogens is 364 g/mol. The van der Waals surface area contributed by atoms with Gasteiger partial charge in [0.25, 0.3) is 11.8 Å². The van der Waals surface area contributed by atoms with Crippen LogP contribution in [0.15, 0.2) is 78.9 Å². The smallest absolute Gasteiger partial charge is 0.255 e. The number of rotatable bonds is 8. The van der Waals surface area contributed by atoms with Crippen molar-refractivity contribution in [2.75, 3.05) is 18.5 Å². The quantitative estimate of drug-likeness (QED) is 0.565. The number of nitrogens with one attached hydrogen (secondary N) is 2. The molecule has 0 heterocycles. The zero-order valence-electron chi connectivity index (χ0n) is 16.4. The van der Waals surface area contributed by atoms with Crippen LogP contribution in [0.1, 0.15) is 33.2 Å². The number of amides is 2. The fourth-order valence-corrected chi connectivity index (χ4v) is 2.82. The van der Waals surface area contributed by atoms with Gasteiger partial charge in [-0.1, -0.05) is 49.4 Å². The number of aryl methyl sites for hydroxylation is 1. The fourth-order valence-electron chi connectivity index (χ4n) is 2.82. The van der Waals surface area contributed by atoms with Gasteiger partial charge in [0.05, 0.1) is 17.8 Å². The Morgan fingerprint density at radius 2 is 1.52 bits per heavy atom. The Morgan fingerprint density at radius 3 is 2.24 bits per heavy atom. The highest BCUT2D eigenvalue weighted by atomic mass is 16.5. The van der Waals surface area contributed by atoms with Crippen molar-refractivity contribution in [3.63, 3.8) is 0 Å². The third-order valence-corrected chi connectivity index (χ3v) is 4.44. The van der Waals surface area contributed by atoms with Gasteiger partial charge < -0.3 is 15.4 Å². The molecule has 29 heavy (non-hydrogen) atoms. The molecule has 3 aromatic rings. The van der Waals surface area contributed by atoms with Gasteiger partial charge in [-0.15, -0.1) is 0 Å². The van der Waals surface area contributed by atoms with E-state index in [0.717, 1.165) is 12.2 Å². The summed E-state index contributed by atoms with van der Waals surface area (Å²) in [5.74, 6) is 0.239. The van der Waals surface area contributed by atoms with Crippen LogP contribution in [0.5, 0.6) is 5.75 Å². The van der Waals surface area contributed by atoms with Crippen molar-refractivity contribution in [2.24, 2.45) is 0 Å². The number of hydrogen-bond donors (Lipinski definition) is 2. The van der Waals surface area contributed by atoms with E-state index in [2.05, 4.69) is 17.6 Å². The molecule has 0 aliphatic carbocycles. The van der Waals surface area contributed by atoms with Gasteiger partial charge in [-0.3, -0.25) is 9.59 Å². The summed E-state index contributed by atoms with van der Waals surface area (Å²) in [6.07, 6.45) is 0.916. The Balaban J connectivity index is 1.58. The van der Waals surface area contributed by atoms with Crippen LogP contribution in [0, 0.1) is 0 Å². The monoisotopic (exact) mass is 388 g/mol. The zero-order valence-corrected chi connectivity index (χ0v) is 16.4. The number of ether oxygens (including phenoxy) is 1. The van der Waals surface area contributed by atoms with E-state index in [1.165, 1.54) is 5.56 Å². The first kappa shape index (κ1) is 20.1. The highest BCUT2D eigenvalue weighted by molar-refractivity contribution is 6.09. The van der Waals surface area contributed by atoms with Crippen LogP contribution in [0.25, 0.3) is 0 Å². The fraction of sp³-hybridized carbons (Fsp3) is 0.167. The molecule has 0 aliphatic heterocycles. The lowest BCUT2D eigenvalue weighted by Gasteiger charge is -2.12. The van der Waals surface area contributed by atoms with Crippen molar-refractivity contribution in [2.45, 2.75) is 13.3 Å². The summed E-state index contributed by atoms with van der Waals surface area (Å²) in [4.78, 5) is 25.1. The number of carbonyl (C=O) groups is 2. The average Bonchev–Trinajstić information content (AvgIpc) is 2.77. The number of carbonyl (C=O) groups excluding carboxylic acids is 2. The van der Waals surface area contributed by atoms with Crippen molar-refractivity contribution in [3.05, 3.63) is 95.6 Å². The third kappa shape index (κ3) is 5.69. The standard InChI is InChI=1S/C24H24N2O3/c1-2-18-12-14-19(15-13-18)23(27)26-22-11-7-6-10-21(22)24(28)25-16-17-29-20-8-4-3-5-9-20/h3-15H,2,16-17H2,1H3,(H,25,28)(H,26,27). The molecule has 5 heteroatoms. The molecule has 0 spiro atoms. The molecule has 0 unspecified atom stereocenters. The van der Waals surface area contributed by atoms with Gasteiger partial charge in [0.1, 0.15) is 12.4 Å². The number of anilines is 1. The molecule has 0 bridgehead atoms. The molecular formula is C24H24N2O3. The van der Waals surface area contributed by atoms with Gasteiger partial charge in [-0.05, 0) is 48.4 Å². The van der Waals surface area contributed by atoms with Crippen molar-refractivity contribution >= 4 is 17.5 Å². The number of benzene rings is 3. The van der Waals surface area contributed by atoms with Crippen molar-refractivity contribution < 1.29 is 14.3 Å². The predicted molar refractivity (Wildman–Crippen MR) is 114 cm³/mol. The van der Waals surface area contributed by atoms with Crippen LogP contribution in [0.4, 0.5) is 5.69 Å². The molecule has 0 radical (unpaired) electrons. The topological polar surface area (TPSA) is 67.4 Å². The highest BCUT2D eigenvalue weighted by Crippen LogP contribution is 2.17. The molecule has 0 atom stereocenters. The molecule has 148 valence electrons. The van der Waals surface area contributed by atoms with E-state index >= 15 is 0 Å². The van der Waals surface area contributed by atoms with E-state index < -0.39 is 0 Å². The summed E-state index contributed by atoms with van der Waals surface area (Å²) in [5, 5.41) is 5.65. The Morgan fingerprint density at radius 1 is 0.828 bits per heavy atom. The minimum absolute atomic E-state index is 0.250. The Kier molecular flexibility index (Phi) is 7.00. The van der Waals surface area contributed by atoms with E-state index in [9.17, 15) is 9.59 Å². The lowest BCUT2D eigenvalue weighted by Crippen LogP contribution is -2.29. The Labute approximate surface area is 170 Å². The lowest BCUT2D eigenvalue weighted by molar-refractivity contribution is 0.0948. The van der Waals surface area contributed by atoms with Gasteiger partial charge in [0, 0.05) is 5.56 Å². The van der Waals surface area contributed by atoms with Gasteiger partial charge >= 0.3 is 0 Å². The van der Waals surface area contributed by atoms with Crippen molar-refractivity contribution in [3.8, 4) is 5.75 Å². The van der Waals surface area contributed by atoms with Crippen molar-refractivity contribution in [1.82, 2.24) is 5.32 Å². The summed E-state index contributed by atoms with van der Waals surface area (Å²) < 4.78 is 5.58. The second kappa shape index (κ2) is 10.1. The highest BCUT2D eigenvalue weighted by Gasteiger charge is 2.14. The summed E-state index contributed by atoms with van der Waals surface area (Å²) in [6.45, 7) is 2.78. The van der Waals surface area contributed by atoms with Crippen LogP contribution >= 0.6 is 0 Å². The van der Waals surface area contributed by atoms with Gasteiger partial charge in [-0.2, -0.15) is 0 Å². The Bertz CT molecular complexity index is 953. The molecule has 0 aliphatic rings. The minimum Gasteiger partial charge on any atom is -0.492 e. The minimum atomic E-state index is -0.265. The van der Waals surface area contributed by atoms with Crippen molar-refractivity contribution in [1.29, 1.82) is 0 Å². The second-order valence-corrected chi connectivity index (χ2v) is 6.47. The molecule has 0 fully saturated rings. The number of para-hydroxylation sites is 2. The molecule has 0 aromatic heterocycles. The molecule has 0 saturated carbocycles. The summed E-state index contributed by atoms with van der Waals surface area (Å²) >= 11 is 0. The predicted octanol–water partition coefficient (Wildman–Crippen LogP) is 4.31. The molecule has 2 amide bonds. The molecule has 2 N–H and O–H groups in total. The third-order valence-electron chi connectivity index (χ3n) is 4.44. The zero-order chi connectivity index (χ0) is 20.5. The average molecular weight is 388 g/mol. The maximum absolute atomic E-state index is 12.6. The van der Waals surface area contributed by atoms with Crippen LogP contribution in [0.3, 0.4) is 0 Å². The first-order valence-electron chi connectivity index (χ1n) is 9.62. The van der Waals surface area contributed by atoms with Crippen LogP contribution in [-0.2, 0) is 6.42 Å². The second-order valence-electron chi connectivity index (χ2n) is 6.47. The molecule has 3 aromatic carbocycles. The molecule has 0 saturated heterocycles. The van der Waals surface area contributed by atoms with Crippen LogP contribution in [0.2, 0.25) is 0 Å². The first-order valence-corrected chi connectivity index (χ1v) is 9.62. The molecule has 5 nitrogen and oxygen atoms in total. The maximum atomic E-state index is 12.6. The van der Waals surface area contributed by atoms with E-state index in [1.807, 2.05) is 42.5 Å². The molecule has 3 rings (SSSR count). The van der Waals surface area contributed by atoms with E-state index in [1.54, 1.807) is 36.4 Å². The Hall–Kier alpha value is -3.60. The van der Waals surface area contributed by atoms with E-state index in [0.29, 0.717) is 30.0 Å². The first-order chi connectivity index (χ1) is 14.2. The number of hydrogen-bond acceptors (Lipinski definition) is 3. The largest absolute Gasteiger partial charge is 0.492 e. The van der Waals surface area contributed by atoms with Crippen LogP contribution in [-0.4, -0.2) is 25.0 Å². The SMILES string of the molecule is CCc1ccc(C(=O)Nc2ccccc2C(=O)NCCOc2ccccc2)cc1. The summed E-state index contributed by atoms with van der Waals surface area (Å²) in [7, 11) is 0. The van der Waals surface area contributed by atoms with Crippen LogP contribution < -0.4 is 15.4 Å². The van der Waals surface area contributed by atoms with E-state index in [-0.39, 0.29) is 11.8 Å². The maximum Gasteiger partial charge on any atom is 0.255 e. The van der Waals surface area contributed by atoms with Gasteiger partial charge in [0.2, 0.25) is 0 Å². The van der Waals surface area contributed by atoms with Gasteiger partial charge in [0.15, 0.2) is 0 Å². The summed E-state index contributed by atoms with van der Waals surface area (Å²) in [6, 6.07) is 23.8. The van der Waals surface area contributed by atoms with E-state index in [4.69, 9.17) is 4.74 Å². The normalized spacial score (nSPS) is 10.2.